The predicted octanol–water partition coefficient (Wildman–Crippen LogP) is 3.32. The van der Waals surface area contributed by atoms with Crippen LogP contribution in [0.2, 0.25) is 0 Å². The number of benzene rings is 1. The first kappa shape index (κ1) is 43.8. The number of aliphatic hydroxyl groups excluding tert-OH is 2. The van der Waals surface area contributed by atoms with Crippen LogP contribution in [-0.4, -0.2) is 126 Å². The number of carbonyl (C=O) groups excluding carboxylic acids is 3. The van der Waals surface area contributed by atoms with Crippen LogP contribution in [0.25, 0.3) is 0 Å². The van der Waals surface area contributed by atoms with Crippen LogP contribution in [-0.2, 0) is 44.5 Å². The van der Waals surface area contributed by atoms with Crippen molar-refractivity contribution in [1.29, 1.82) is 0 Å². The molecule has 296 valence electrons. The van der Waals surface area contributed by atoms with Gasteiger partial charge in [0.25, 0.3) is 0 Å². The lowest BCUT2D eigenvalue weighted by Gasteiger charge is -2.48. The van der Waals surface area contributed by atoms with Gasteiger partial charge in [-0.15, -0.1) is 0 Å². The molecule has 2 saturated heterocycles. The van der Waals surface area contributed by atoms with E-state index in [1.54, 1.807) is 58.9 Å². The smallest absolute Gasteiger partial charge is 0.312 e. The molecule has 1 aromatic carbocycles. The molecule has 0 saturated carbocycles. The molecule has 0 spiro atoms. The van der Waals surface area contributed by atoms with Crippen molar-refractivity contribution in [3.63, 3.8) is 0 Å². The van der Waals surface area contributed by atoms with Gasteiger partial charge in [-0.2, -0.15) is 0 Å². The third-order valence-corrected chi connectivity index (χ3v) is 11.2. The average molecular weight is 738 g/mol. The molecule has 0 amide bonds. The quantitative estimate of drug-likeness (QED) is 0.316. The Balaban J connectivity index is 2.19. The van der Waals surface area contributed by atoms with Gasteiger partial charge < -0.3 is 48.6 Å². The predicted molar refractivity (Wildman–Crippen MR) is 192 cm³/mol. The molecule has 3 N–H and O–H groups in total. The number of hydrogen-bond donors (Lipinski definition) is 3. The summed E-state index contributed by atoms with van der Waals surface area (Å²) in [7, 11) is 6.73. The number of esters is 2. The molecule has 0 aromatic heterocycles. The average Bonchev–Trinajstić information content (AvgIpc) is 3.10. The monoisotopic (exact) mass is 737 g/mol. The van der Waals surface area contributed by atoms with Crippen LogP contribution in [0.3, 0.4) is 0 Å². The summed E-state index contributed by atoms with van der Waals surface area (Å²) in [5, 5.41) is 34.5. The summed E-state index contributed by atoms with van der Waals surface area (Å²) in [5.41, 5.74) is -2.66. The number of hydrogen-bond acceptors (Lipinski definition) is 13. The van der Waals surface area contributed by atoms with Crippen molar-refractivity contribution >= 4 is 17.7 Å². The summed E-state index contributed by atoms with van der Waals surface area (Å²) in [6.45, 7) is 13.3. The van der Waals surface area contributed by atoms with E-state index in [0.717, 1.165) is 0 Å². The molecule has 2 aliphatic rings. The topological polar surface area (TPSA) is 171 Å². The largest absolute Gasteiger partial charge is 0.497 e. The normalized spacial score (nSPS) is 39.8. The van der Waals surface area contributed by atoms with Crippen molar-refractivity contribution in [3.05, 3.63) is 29.8 Å². The summed E-state index contributed by atoms with van der Waals surface area (Å²) >= 11 is 0. The number of Topliss-reactive ketones (excluding diaryl/α,β-unsaturated/α-hetero) is 1. The second-order valence-electron chi connectivity index (χ2n) is 15.6. The third kappa shape index (κ3) is 9.90. The summed E-state index contributed by atoms with van der Waals surface area (Å²) in [5.74, 6) is -4.88. The minimum Gasteiger partial charge on any atom is -0.497 e. The van der Waals surface area contributed by atoms with Gasteiger partial charge in [0.05, 0.1) is 43.4 Å². The molecule has 52 heavy (non-hydrogen) atoms. The second-order valence-corrected chi connectivity index (χ2v) is 15.6. The van der Waals surface area contributed by atoms with Gasteiger partial charge in [-0.1, -0.05) is 39.8 Å². The van der Waals surface area contributed by atoms with Crippen LogP contribution < -0.4 is 4.74 Å². The van der Waals surface area contributed by atoms with Crippen molar-refractivity contribution in [1.82, 2.24) is 4.90 Å². The highest BCUT2D eigenvalue weighted by atomic mass is 16.7. The van der Waals surface area contributed by atoms with Gasteiger partial charge in [-0.05, 0) is 78.7 Å². The Morgan fingerprint density at radius 3 is 2.27 bits per heavy atom. The Hall–Kier alpha value is -2.65. The van der Waals surface area contributed by atoms with Crippen molar-refractivity contribution in [3.8, 4) is 5.75 Å². The number of nitrogens with zero attached hydrogens (tertiary/aromatic N) is 1. The van der Waals surface area contributed by atoms with Gasteiger partial charge in [-0.25, -0.2) is 0 Å². The molecule has 1 aromatic rings. The molecular weight excluding hydrogens is 674 g/mol. The fourth-order valence-corrected chi connectivity index (χ4v) is 7.93. The Morgan fingerprint density at radius 1 is 1.04 bits per heavy atom. The zero-order valence-corrected chi connectivity index (χ0v) is 33.0. The van der Waals surface area contributed by atoms with Crippen LogP contribution in [0.15, 0.2) is 24.3 Å². The molecule has 2 fully saturated rings. The maximum Gasteiger partial charge on any atom is 0.312 e. The van der Waals surface area contributed by atoms with Crippen LogP contribution in [0.1, 0.15) is 80.2 Å². The van der Waals surface area contributed by atoms with E-state index in [1.807, 2.05) is 25.9 Å². The van der Waals surface area contributed by atoms with E-state index >= 15 is 0 Å². The van der Waals surface area contributed by atoms with E-state index in [1.165, 1.54) is 28.1 Å². The maximum absolute atomic E-state index is 14.0. The zero-order chi connectivity index (χ0) is 39.3. The van der Waals surface area contributed by atoms with Gasteiger partial charge in [0.2, 0.25) is 0 Å². The number of ketones is 1. The second kappa shape index (κ2) is 18.1. The first-order chi connectivity index (χ1) is 24.2. The van der Waals surface area contributed by atoms with E-state index < -0.39 is 83.6 Å². The molecule has 0 radical (unpaired) electrons. The third-order valence-electron chi connectivity index (χ3n) is 11.2. The number of rotatable bonds is 9. The fourth-order valence-electron chi connectivity index (χ4n) is 7.93. The summed E-state index contributed by atoms with van der Waals surface area (Å²) in [6, 6.07) is 6.68. The number of likely N-dealkylation sites (N-methyl/N-ethyl adjacent to an activating group) is 1. The minimum atomic E-state index is -1.99. The first-order valence-electron chi connectivity index (χ1n) is 18.4. The Bertz CT molecular complexity index is 1350. The van der Waals surface area contributed by atoms with E-state index in [2.05, 4.69) is 0 Å². The standard InChI is InChI=1S/C39H63NO12/c1-13-29-39(8,46)34(44)23(4)31(42)21(2)20-38(7,48-12)35(52-37-32(43)28(40(9)10)17-22(3)49-37)24(5)33(25(6)36(45)50-29)51-30(41)19-26-15-14-16-27(18-26)47-11/h14-16,18,21-25,28-29,32-35,37,43-44,46H,13,17,19-20H2,1-12H3/t21-,22-,23+,24+,25-,28+,29-,32-,33+,34-,35-,37?,38+,39-/m1/s1. The van der Waals surface area contributed by atoms with Gasteiger partial charge >= 0.3 is 11.9 Å². The van der Waals surface area contributed by atoms with Crippen molar-refractivity contribution in [2.75, 3.05) is 28.3 Å². The molecule has 13 nitrogen and oxygen atoms in total. The number of aliphatic hydroxyl groups is 3. The molecule has 14 atom stereocenters. The molecule has 2 aliphatic heterocycles. The zero-order valence-electron chi connectivity index (χ0n) is 33.0. The lowest BCUT2D eigenvalue weighted by Crippen LogP contribution is -2.60. The summed E-state index contributed by atoms with van der Waals surface area (Å²) < 4.78 is 36.5. The number of carbonyl (C=O) groups is 3. The van der Waals surface area contributed by atoms with Gasteiger partial charge in [0.15, 0.2) is 6.29 Å². The summed E-state index contributed by atoms with van der Waals surface area (Å²) in [4.78, 5) is 43.6. The van der Waals surface area contributed by atoms with Crippen LogP contribution >= 0.6 is 0 Å². The van der Waals surface area contributed by atoms with E-state index in [0.29, 0.717) is 17.7 Å². The Kier molecular flexibility index (Phi) is 15.2. The van der Waals surface area contributed by atoms with Crippen molar-refractivity contribution < 1.29 is 58.1 Å². The molecule has 2 heterocycles. The van der Waals surface area contributed by atoms with E-state index in [9.17, 15) is 29.7 Å². The molecule has 13 heteroatoms. The fraction of sp³-hybridized carbons (Fsp3) is 0.769. The minimum absolute atomic E-state index is 0.0759. The summed E-state index contributed by atoms with van der Waals surface area (Å²) in [6.07, 6.45) is -6.87. The highest BCUT2D eigenvalue weighted by Gasteiger charge is 2.53. The van der Waals surface area contributed by atoms with Crippen LogP contribution in [0.5, 0.6) is 5.75 Å². The molecule has 0 aliphatic carbocycles. The van der Waals surface area contributed by atoms with Gasteiger partial charge in [0.1, 0.15) is 35.4 Å². The molecular formula is C39H63NO12. The van der Waals surface area contributed by atoms with Crippen molar-refractivity contribution in [2.45, 2.75) is 141 Å². The SMILES string of the molecule is CC[C@H]1OC(=O)[C@H](C)[C@@H](OC(=O)Cc2cccc(OC)c2)[C@H](C)[C@@H](OC2O[C@H](C)C[C@H](N(C)C)[C@H]2O)[C@@](C)(OC)C[C@@H](C)C(=O)[C@H](C)[C@@H](O)[C@]1(C)O. The highest BCUT2D eigenvalue weighted by Crippen LogP contribution is 2.40. The number of methoxy groups -OCH3 is 2. The van der Waals surface area contributed by atoms with Gasteiger partial charge in [0, 0.05) is 30.9 Å². The van der Waals surface area contributed by atoms with E-state index in [-0.39, 0.29) is 37.2 Å². The number of cyclic esters (lactones) is 1. The maximum atomic E-state index is 14.0. The Morgan fingerprint density at radius 2 is 1.69 bits per heavy atom. The van der Waals surface area contributed by atoms with Crippen LogP contribution in [0.4, 0.5) is 0 Å². The van der Waals surface area contributed by atoms with Crippen LogP contribution in [0, 0.1) is 23.7 Å². The lowest BCUT2D eigenvalue weighted by atomic mass is 9.74. The lowest BCUT2D eigenvalue weighted by molar-refractivity contribution is -0.301. The first-order valence-corrected chi connectivity index (χ1v) is 18.4. The van der Waals surface area contributed by atoms with E-state index in [4.69, 9.17) is 28.4 Å². The molecule has 1 unspecified atom stereocenters. The molecule has 0 bridgehead atoms. The molecule has 3 rings (SSSR count). The highest BCUT2D eigenvalue weighted by molar-refractivity contribution is 5.83. The Labute approximate surface area is 309 Å². The van der Waals surface area contributed by atoms with Crippen molar-refractivity contribution in [2.24, 2.45) is 23.7 Å². The van der Waals surface area contributed by atoms with Gasteiger partial charge in [-0.3, -0.25) is 14.4 Å². The number of ether oxygens (including phenoxy) is 6.